The van der Waals surface area contributed by atoms with Gasteiger partial charge < -0.3 is 15.4 Å². The lowest BCUT2D eigenvalue weighted by molar-refractivity contribution is 0.0209. The monoisotopic (exact) mass is 276 g/mol. The maximum atomic E-state index is 6.07. The van der Waals surface area contributed by atoms with Crippen LogP contribution in [-0.4, -0.2) is 55.3 Å². The van der Waals surface area contributed by atoms with E-state index in [0.29, 0.717) is 6.04 Å². The zero-order valence-corrected chi connectivity index (χ0v) is 12.2. The summed E-state index contributed by atoms with van der Waals surface area (Å²) in [5, 5.41) is 0. The van der Waals surface area contributed by atoms with Crippen LogP contribution < -0.4 is 10.6 Å². The van der Waals surface area contributed by atoms with Crippen molar-refractivity contribution >= 4 is 5.82 Å². The first-order valence-electron chi connectivity index (χ1n) is 7.53. The molecule has 2 unspecified atom stereocenters. The van der Waals surface area contributed by atoms with Gasteiger partial charge in [0.05, 0.1) is 13.2 Å². The molecule has 20 heavy (non-hydrogen) atoms. The van der Waals surface area contributed by atoms with Gasteiger partial charge in [0.15, 0.2) is 0 Å². The number of morpholine rings is 1. The number of anilines is 1. The summed E-state index contributed by atoms with van der Waals surface area (Å²) < 4.78 is 5.44. The normalized spacial score (nSPS) is 25.9. The van der Waals surface area contributed by atoms with Crippen molar-refractivity contribution in [1.82, 2.24) is 9.88 Å². The number of rotatable bonds is 3. The molecule has 2 aliphatic heterocycles. The molecule has 3 rings (SSSR count). The lowest BCUT2D eigenvalue weighted by Crippen LogP contribution is -2.44. The first-order valence-corrected chi connectivity index (χ1v) is 7.53. The van der Waals surface area contributed by atoms with Gasteiger partial charge in [0, 0.05) is 50.0 Å². The predicted octanol–water partition coefficient (Wildman–Crippen LogP) is 1.01. The van der Waals surface area contributed by atoms with Gasteiger partial charge >= 0.3 is 0 Å². The standard InChI is InChI=1S/C15H24N4O/c1-12(16)14-3-2-5-17-15(14)19-6-4-13(11-19)18-7-9-20-10-8-18/h2-3,5,12-13H,4,6-11,16H2,1H3. The van der Waals surface area contributed by atoms with Crippen LogP contribution in [0.2, 0.25) is 0 Å². The molecule has 2 aliphatic rings. The highest BCUT2D eigenvalue weighted by molar-refractivity contribution is 5.49. The Morgan fingerprint density at radius 3 is 2.90 bits per heavy atom. The Labute approximate surface area is 120 Å². The maximum absolute atomic E-state index is 6.07. The third kappa shape index (κ3) is 2.80. The lowest BCUT2D eigenvalue weighted by atomic mass is 10.1. The number of nitrogens with two attached hydrogens (primary N) is 1. The van der Waals surface area contributed by atoms with Crippen LogP contribution in [0.3, 0.4) is 0 Å². The van der Waals surface area contributed by atoms with Crippen LogP contribution in [0, 0.1) is 0 Å². The van der Waals surface area contributed by atoms with Gasteiger partial charge in [-0.3, -0.25) is 4.90 Å². The number of nitrogens with zero attached hydrogens (tertiary/aromatic N) is 3. The van der Waals surface area contributed by atoms with Gasteiger partial charge in [-0.25, -0.2) is 4.98 Å². The molecule has 110 valence electrons. The predicted molar refractivity (Wildman–Crippen MR) is 79.8 cm³/mol. The van der Waals surface area contributed by atoms with Crippen molar-refractivity contribution in [3.63, 3.8) is 0 Å². The second-order valence-electron chi connectivity index (χ2n) is 5.74. The number of pyridine rings is 1. The largest absolute Gasteiger partial charge is 0.379 e. The van der Waals surface area contributed by atoms with Crippen molar-refractivity contribution < 1.29 is 4.74 Å². The average molecular weight is 276 g/mol. The second kappa shape index (κ2) is 6.08. The van der Waals surface area contributed by atoms with E-state index in [1.165, 1.54) is 6.42 Å². The van der Waals surface area contributed by atoms with Gasteiger partial charge in [-0.2, -0.15) is 0 Å². The summed E-state index contributed by atoms with van der Waals surface area (Å²) in [5.41, 5.74) is 7.21. The van der Waals surface area contributed by atoms with Crippen molar-refractivity contribution in [3.8, 4) is 0 Å². The van der Waals surface area contributed by atoms with E-state index in [1.54, 1.807) is 0 Å². The number of hydrogen-bond donors (Lipinski definition) is 1. The van der Waals surface area contributed by atoms with Crippen molar-refractivity contribution in [2.75, 3.05) is 44.3 Å². The molecule has 5 heteroatoms. The highest BCUT2D eigenvalue weighted by Crippen LogP contribution is 2.27. The molecule has 1 aromatic rings. The molecule has 0 aromatic carbocycles. The molecular weight excluding hydrogens is 252 g/mol. The highest BCUT2D eigenvalue weighted by Gasteiger charge is 2.30. The minimum absolute atomic E-state index is 0.0288. The Morgan fingerprint density at radius 2 is 2.15 bits per heavy atom. The summed E-state index contributed by atoms with van der Waals surface area (Å²) >= 11 is 0. The summed E-state index contributed by atoms with van der Waals surface area (Å²) in [6.07, 6.45) is 3.07. The van der Waals surface area contributed by atoms with Gasteiger partial charge in [0.25, 0.3) is 0 Å². The zero-order chi connectivity index (χ0) is 13.9. The van der Waals surface area contributed by atoms with Crippen molar-refractivity contribution in [2.24, 2.45) is 5.73 Å². The molecular formula is C15H24N4O. The number of ether oxygens (including phenoxy) is 1. The highest BCUT2D eigenvalue weighted by atomic mass is 16.5. The van der Waals surface area contributed by atoms with E-state index in [1.807, 2.05) is 19.2 Å². The molecule has 2 atom stereocenters. The molecule has 2 saturated heterocycles. The fourth-order valence-corrected chi connectivity index (χ4v) is 3.20. The van der Waals surface area contributed by atoms with Gasteiger partial charge in [0.2, 0.25) is 0 Å². The number of aromatic nitrogens is 1. The molecule has 2 fully saturated rings. The SMILES string of the molecule is CC(N)c1cccnc1N1CCC(N2CCOCC2)C1. The molecule has 0 amide bonds. The molecule has 5 nitrogen and oxygen atoms in total. The first kappa shape index (κ1) is 13.8. The van der Waals surface area contributed by atoms with E-state index in [2.05, 4.69) is 20.9 Å². The molecule has 2 N–H and O–H groups in total. The smallest absolute Gasteiger partial charge is 0.133 e. The molecule has 0 spiro atoms. The summed E-state index contributed by atoms with van der Waals surface area (Å²) in [7, 11) is 0. The third-order valence-electron chi connectivity index (χ3n) is 4.33. The lowest BCUT2D eigenvalue weighted by Gasteiger charge is -2.32. The summed E-state index contributed by atoms with van der Waals surface area (Å²) in [6, 6.07) is 4.72. The van der Waals surface area contributed by atoms with Crippen molar-refractivity contribution in [3.05, 3.63) is 23.9 Å². The molecule has 0 aliphatic carbocycles. The van der Waals surface area contributed by atoms with Gasteiger partial charge in [-0.15, -0.1) is 0 Å². The van der Waals surface area contributed by atoms with Crippen LogP contribution in [0.5, 0.6) is 0 Å². The van der Waals surface area contributed by atoms with E-state index >= 15 is 0 Å². The first-order chi connectivity index (χ1) is 9.75. The fourth-order valence-electron chi connectivity index (χ4n) is 3.20. The Kier molecular flexibility index (Phi) is 4.19. The van der Waals surface area contributed by atoms with Crippen LogP contribution >= 0.6 is 0 Å². The summed E-state index contributed by atoms with van der Waals surface area (Å²) in [4.78, 5) is 9.51. The second-order valence-corrected chi connectivity index (χ2v) is 5.74. The van der Waals surface area contributed by atoms with Crippen molar-refractivity contribution in [1.29, 1.82) is 0 Å². The van der Waals surface area contributed by atoms with E-state index < -0.39 is 0 Å². The molecule has 0 bridgehead atoms. The maximum Gasteiger partial charge on any atom is 0.133 e. The van der Waals surface area contributed by atoms with Crippen LogP contribution in [0.15, 0.2) is 18.3 Å². The average Bonchev–Trinajstić information content (AvgIpc) is 2.98. The topological polar surface area (TPSA) is 54.6 Å². The fraction of sp³-hybridized carbons (Fsp3) is 0.667. The molecule has 0 radical (unpaired) electrons. The van der Waals surface area contributed by atoms with Crippen molar-refractivity contribution in [2.45, 2.75) is 25.4 Å². The Hall–Kier alpha value is -1.17. The molecule has 0 saturated carbocycles. The van der Waals surface area contributed by atoms with Crippen LogP contribution in [-0.2, 0) is 4.74 Å². The van der Waals surface area contributed by atoms with E-state index in [0.717, 1.165) is 50.8 Å². The van der Waals surface area contributed by atoms with E-state index in [9.17, 15) is 0 Å². The summed E-state index contributed by atoms with van der Waals surface area (Å²) in [6.45, 7) is 7.99. The van der Waals surface area contributed by atoms with E-state index in [-0.39, 0.29) is 6.04 Å². The van der Waals surface area contributed by atoms with Crippen LogP contribution in [0.4, 0.5) is 5.82 Å². The van der Waals surface area contributed by atoms with Crippen LogP contribution in [0.1, 0.15) is 24.9 Å². The van der Waals surface area contributed by atoms with E-state index in [4.69, 9.17) is 10.5 Å². The van der Waals surface area contributed by atoms with Crippen LogP contribution in [0.25, 0.3) is 0 Å². The summed E-state index contributed by atoms with van der Waals surface area (Å²) in [5.74, 6) is 1.07. The third-order valence-corrected chi connectivity index (χ3v) is 4.33. The molecule has 1 aromatic heterocycles. The Morgan fingerprint density at radius 1 is 1.35 bits per heavy atom. The van der Waals surface area contributed by atoms with Gasteiger partial charge in [-0.1, -0.05) is 6.07 Å². The number of hydrogen-bond acceptors (Lipinski definition) is 5. The molecule has 3 heterocycles. The Balaban J connectivity index is 1.70. The minimum Gasteiger partial charge on any atom is -0.379 e. The zero-order valence-electron chi connectivity index (χ0n) is 12.2. The minimum atomic E-state index is 0.0288. The van der Waals surface area contributed by atoms with Gasteiger partial charge in [0.1, 0.15) is 5.82 Å². The quantitative estimate of drug-likeness (QED) is 0.893. The Bertz CT molecular complexity index is 445. The van der Waals surface area contributed by atoms with Gasteiger partial charge in [-0.05, 0) is 19.4 Å².